The molecule has 23 heavy (non-hydrogen) atoms. The minimum absolute atomic E-state index is 0.00954. The van der Waals surface area contributed by atoms with Crippen molar-refractivity contribution in [2.75, 3.05) is 20.3 Å². The first-order valence-electron chi connectivity index (χ1n) is 8.31. The molecule has 5 heteroatoms. The number of unbranched alkanes of at least 4 members (excludes halogenated alkanes) is 1. The first-order valence-corrected chi connectivity index (χ1v) is 8.69. The van der Waals surface area contributed by atoms with Crippen LogP contribution in [-0.2, 0) is 9.47 Å². The van der Waals surface area contributed by atoms with Gasteiger partial charge in [0.25, 0.3) is 0 Å². The molecule has 0 aliphatic heterocycles. The second-order valence-corrected chi connectivity index (χ2v) is 6.01. The molecule has 0 saturated carbocycles. The van der Waals surface area contributed by atoms with Crippen LogP contribution in [0.5, 0.6) is 0 Å². The van der Waals surface area contributed by atoms with E-state index in [4.69, 9.17) is 16.3 Å². The smallest absolute Gasteiger partial charge is 0.406 e. The largest absolute Gasteiger partial charge is 0.453 e. The summed E-state index contributed by atoms with van der Waals surface area (Å²) in [6, 6.07) is 7.84. The van der Waals surface area contributed by atoms with Crippen molar-refractivity contribution in [3.63, 3.8) is 0 Å². The molecular formula is C18H28ClNO3. The highest BCUT2D eigenvalue weighted by Gasteiger charge is 2.22. The lowest BCUT2D eigenvalue weighted by Crippen LogP contribution is -2.28. The number of alkyl carbamates (subject to hydrolysis) is 1. The molecule has 1 aromatic carbocycles. The zero-order valence-corrected chi connectivity index (χ0v) is 15.1. The normalized spacial score (nSPS) is 13.4. The molecule has 0 spiro atoms. The quantitative estimate of drug-likeness (QED) is 0.611. The number of carbonyl (C=O) groups excluding carboxylic acids is 1. The van der Waals surface area contributed by atoms with Crippen molar-refractivity contribution in [1.29, 1.82) is 0 Å². The molecule has 1 aromatic rings. The Morgan fingerprint density at radius 3 is 2.74 bits per heavy atom. The zero-order chi connectivity index (χ0) is 17.1. The van der Waals surface area contributed by atoms with Crippen molar-refractivity contribution in [3.05, 3.63) is 34.9 Å². The highest BCUT2D eigenvalue weighted by atomic mass is 35.5. The van der Waals surface area contributed by atoms with Gasteiger partial charge in [0.2, 0.25) is 0 Å². The highest BCUT2D eigenvalue weighted by Crippen LogP contribution is 2.33. The lowest BCUT2D eigenvalue weighted by Gasteiger charge is -2.27. The summed E-state index contributed by atoms with van der Waals surface area (Å²) in [7, 11) is 1.35. The number of nitrogens with one attached hydrogen (secondary N) is 1. The Balaban J connectivity index is 2.73. The fourth-order valence-corrected chi connectivity index (χ4v) is 2.83. The number of methoxy groups -OCH3 is 1. The third kappa shape index (κ3) is 7.23. The van der Waals surface area contributed by atoms with Crippen LogP contribution in [-0.4, -0.2) is 26.4 Å². The standard InChI is InChI=1S/C18H28ClNO3/c1-4-6-8-14(5-2)17(15-9-7-10-16(19)13-15)23-12-11-20-18(21)22-3/h7,9-10,13-14,17H,4-6,8,11-12H2,1-3H3,(H,20,21)/t14-,17+/m0/s1. The first kappa shape index (κ1) is 19.8. The van der Waals surface area contributed by atoms with Gasteiger partial charge in [-0.05, 0) is 30.0 Å². The Bertz CT molecular complexity index is 467. The summed E-state index contributed by atoms with van der Waals surface area (Å²) in [6.45, 7) is 5.25. The molecule has 130 valence electrons. The van der Waals surface area contributed by atoms with E-state index in [9.17, 15) is 4.79 Å². The van der Waals surface area contributed by atoms with Gasteiger partial charge in [0.15, 0.2) is 0 Å². The predicted molar refractivity (Wildman–Crippen MR) is 93.9 cm³/mol. The number of rotatable bonds is 10. The summed E-state index contributed by atoms with van der Waals surface area (Å²) < 4.78 is 10.7. The molecule has 1 rings (SSSR count). The van der Waals surface area contributed by atoms with E-state index in [-0.39, 0.29) is 6.10 Å². The van der Waals surface area contributed by atoms with Crippen LogP contribution in [0.4, 0.5) is 4.79 Å². The number of ether oxygens (including phenoxy) is 2. The van der Waals surface area contributed by atoms with Crippen molar-refractivity contribution in [3.8, 4) is 0 Å². The van der Waals surface area contributed by atoms with Gasteiger partial charge in [-0.1, -0.05) is 56.8 Å². The van der Waals surface area contributed by atoms with Crippen LogP contribution in [0.25, 0.3) is 0 Å². The maximum Gasteiger partial charge on any atom is 0.406 e. The van der Waals surface area contributed by atoms with E-state index >= 15 is 0 Å². The first-order chi connectivity index (χ1) is 11.1. The van der Waals surface area contributed by atoms with E-state index in [2.05, 4.69) is 30.0 Å². The van der Waals surface area contributed by atoms with Crippen LogP contribution in [0, 0.1) is 5.92 Å². The Hall–Kier alpha value is -1.26. The second-order valence-electron chi connectivity index (χ2n) is 5.58. The van der Waals surface area contributed by atoms with Crippen molar-refractivity contribution < 1.29 is 14.3 Å². The molecule has 4 nitrogen and oxygen atoms in total. The molecule has 0 fully saturated rings. The van der Waals surface area contributed by atoms with Gasteiger partial charge in [-0.15, -0.1) is 0 Å². The van der Waals surface area contributed by atoms with Gasteiger partial charge < -0.3 is 14.8 Å². The summed E-state index contributed by atoms with van der Waals surface area (Å²) in [5.41, 5.74) is 1.10. The summed E-state index contributed by atoms with van der Waals surface area (Å²) in [5.74, 6) is 0.437. The summed E-state index contributed by atoms with van der Waals surface area (Å²) in [5, 5.41) is 3.36. The Morgan fingerprint density at radius 2 is 2.13 bits per heavy atom. The third-order valence-electron chi connectivity index (χ3n) is 3.91. The van der Waals surface area contributed by atoms with Crippen LogP contribution in [0.3, 0.4) is 0 Å². The zero-order valence-electron chi connectivity index (χ0n) is 14.3. The molecule has 1 amide bonds. The number of hydrogen-bond acceptors (Lipinski definition) is 3. The fourth-order valence-electron chi connectivity index (χ4n) is 2.64. The number of halogens is 1. The Labute approximate surface area is 144 Å². The van der Waals surface area contributed by atoms with E-state index < -0.39 is 6.09 Å². The van der Waals surface area contributed by atoms with Crippen molar-refractivity contribution in [2.24, 2.45) is 5.92 Å². The van der Waals surface area contributed by atoms with E-state index in [1.807, 2.05) is 18.2 Å². The van der Waals surface area contributed by atoms with E-state index in [0.717, 1.165) is 18.4 Å². The molecule has 0 aromatic heterocycles. The topological polar surface area (TPSA) is 47.6 Å². The van der Waals surface area contributed by atoms with Gasteiger partial charge in [-0.25, -0.2) is 4.79 Å². The molecule has 0 radical (unpaired) electrons. The molecule has 0 aliphatic rings. The van der Waals surface area contributed by atoms with Gasteiger partial charge in [0.1, 0.15) is 0 Å². The van der Waals surface area contributed by atoms with Crippen LogP contribution >= 0.6 is 11.6 Å². The van der Waals surface area contributed by atoms with Gasteiger partial charge >= 0.3 is 6.09 Å². The van der Waals surface area contributed by atoms with Gasteiger partial charge in [0.05, 0.1) is 19.8 Å². The van der Waals surface area contributed by atoms with Gasteiger partial charge in [0, 0.05) is 11.6 Å². The van der Waals surface area contributed by atoms with E-state index in [1.54, 1.807) is 0 Å². The molecular weight excluding hydrogens is 314 g/mol. The average Bonchev–Trinajstić information content (AvgIpc) is 2.56. The van der Waals surface area contributed by atoms with Crippen molar-refractivity contribution >= 4 is 17.7 Å². The minimum atomic E-state index is -0.439. The Kier molecular flexibility index (Phi) is 9.72. The summed E-state index contributed by atoms with van der Waals surface area (Å²) in [4.78, 5) is 11.1. The van der Waals surface area contributed by atoms with Crippen molar-refractivity contribution in [2.45, 2.75) is 45.6 Å². The average molecular weight is 342 g/mol. The molecule has 0 heterocycles. The molecule has 0 aliphatic carbocycles. The highest BCUT2D eigenvalue weighted by molar-refractivity contribution is 6.30. The third-order valence-corrected chi connectivity index (χ3v) is 4.15. The molecule has 0 bridgehead atoms. The van der Waals surface area contributed by atoms with E-state index in [1.165, 1.54) is 20.0 Å². The maximum absolute atomic E-state index is 11.1. The van der Waals surface area contributed by atoms with Crippen LogP contribution in [0.2, 0.25) is 5.02 Å². The summed E-state index contributed by atoms with van der Waals surface area (Å²) >= 11 is 6.13. The fraction of sp³-hybridized carbons (Fsp3) is 0.611. The second kappa shape index (κ2) is 11.3. The molecule has 0 saturated heterocycles. The van der Waals surface area contributed by atoms with Crippen molar-refractivity contribution in [1.82, 2.24) is 5.32 Å². The van der Waals surface area contributed by atoms with Crippen LogP contribution in [0.15, 0.2) is 24.3 Å². The number of amides is 1. The lowest BCUT2D eigenvalue weighted by molar-refractivity contribution is 0.00743. The number of hydrogen-bond donors (Lipinski definition) is 1. The van der Waals surface area contributed by atoms with Gasteiger partial charge in [-0.2, -0.15) is 0 Å². The molecule has 0 unspecified atom stereocenters. The lowest BCUT2D eigenvalue weighted by atomic mass is 9.89. The predicted octanol–water partition coefficient (Wildman–Crippen LogP) is 4.97. The molecule has 2 atom stereocenters. The number of carbonyl (C=O) groups is 1. The monoisotopic (exact) mass is 341 g/mol. The van der Waals surface area contributed by atoms with Gasteiger partial charge in [-0.3, -0.25) is 0 Å². The number of benzene rings is 1. The SMILES string of the molecule is CCCC[C@H](CC)[C@@H](OCCNC(=O)OC)c1cccc(Cl)c1. The maximum atomic E-state index is 11.1. The molecule has 1 N–H and O–H groups in total. The Morgan fingerprint density at radius 1 is 1.35 bits per heavy atom. The van der Waals surface area contributed by atoms with Crippen LogP contribution in [0.1, 0.15) is 51.2 Å². The van der Waals surface area contributed by atoms with E-state index in [0.29, 0.717) is 24.1 Å². The van der Waals surface area contributed by atoms with Crippen LogP contribution < -0.4 is 5.32 Å². The summed E-state index contributed by atoms with van der Waals surface area (Å²) in [6.07, 6.45) is 4.06. The minimum Gasteiger partial charge on any atom is -0.453 e.